The number of hydrogen-bond donors (Lipinski definition) is 3. The lowest BCUT2D eigenvalue weighted by molar-refractivity contribution is 0.0890. The van der Waals surface area contributed by atoms with Gasteiger partial charge in [-0.15, -0.1) is 0 Å². The standard InChI is InChI=1S/C22H28N2O3/c1-16-6-5-9-19(17(16)2)24-20-8-4-3-7-18(20)21(26)23-14-22(10-12-25)11-13-27-15-22/h3-9,24-25H,10-15H2,1-2H3,(H,23,26). The van der Waals surface area contributed by atoms with Gasteiger partial charge in [-0.1, -0.05) is 24.3 Å². The molecule has 1 unspecified atom stereocenters. The zero-order chi connectivity index (χ0) is 19.3. The molecule has 1 amide bonds. The van der Waals surface area contributed by atoms with Gasteiger partial charge in [-0.2, -0.15) is 0 Å². The van der Waals surface area contributed by atoms with Crippen molar-refractivity contribution >= 4 is 17.3 Å². The van der Waals surface area contributed by atoms with Crippen LogP contribution >= 0.6 is 0 Å². The smallest absolute Gasteiger partial charge is 0.253 e. The third-order valence-electron chi connectivity index (χ3n) is 5.50. The molecule has 1 atom stereocenters. The highest BCUT2D eigenvalue weighted by molar-refractivity contribution is 6.00. The molecule has 3 N–H and O–H groups in total. The molecular weight excluding hydrogens is 340 g/mol. The average molecular weight is 368 g/mol. The van der Waals surface area contributed by atoms with Crippen molar-refractivity contribution in [2.45, 2.75) is 26.7 Å². The van der Waals surface area contributed by atoms with E-state index < -0.39 is 0 Å². The number of aryl methyl sites for hydroxylation is 1. The van der Waals surface area contributed by atoms with Gasteiger partial charge in [-0.25, -0.2) is 0 Å². The predicted molar refractivity (Wildman–Crippen MR) is 108 cm³/mol. The summed E-state index contributed by atoms with van der Waals surface area (Å²) in [6, 6.07) is 13.6. The van der Waals surface area contributed by atoms with Gasteiger partial charge in [0.15, 0.2) is 0 Å². The third kappa shape index (κ3) is 4.49. The van der Waals surface area contributed by atoms with Gasteiger partial charge < -0.3 is 20.5 Å². The van der Waals surface area contributed by atoms with Crippen LogP contribution in [0.15, 0.2) is 42.5 Å². The molecule has 1 heterocycles. The molecule has 0 aromatic heterocycles. The van der Waals surface area contributed by atoms with Crippen molar-refractivity contribution in [2.75, 3.05) is 31.7 Å². The number of hydrogen-bond acceptors (Lipinski definition) is 4. The lowest BCUT2D eigenvalue weighted by Gasteiger charge is -2.27. The first-order chi connectivity index (χ1) is 13.0. The maximum atomic E-state index is 12.9. The number of amides is 1. The predicted octanol–water partition coefficient (Wildman–Crippen LogP) is 3.57. The highest BCUT2D eigenvalue weighted by atomic mass is 16.5. The van der Waals surface area contributed by atoms with Crippen LogP contribution < -0.4 is 10.6 Å². The Morgan fingerprint density at radius 3 is 2.67 bits per heavy atom. The van der Waals surface area contributed by atoms with Crippen molar-refractivity contribution in [3.8, 4) is 0 Å². The van der Waals surface area contributed by atoms with Gasteiger partial charge in [0.25, 0.3) is 5.91 Å². The molecule has 1 fully saturated rings. The number of aliphatic hydroxyl groups is 1. The molecule has 0 aliphatic carbocycles. The van der Waals surface area contributed by atoms with Gasteiger partial charge in [0.05, 0.1) is 17.9 Å². The highest BCUT2D eigenvalue weighted by Gasteiger charge is 2.34. The number of benzene rings is 2. The van der Waals surface area contributed by atoms with Gasteiger partial charge in [0.2, 0.25) is 0 Å². The Bertz CT molecular complexity index is 798. The fourth-order valence-electron chi connectivity index (χ4n) is 3.50. The third-order valence-corrected chi connectivity index (χ3v) is 5.50. The van der Waals surface area contributed by atoms with E-state index in [1.165, 1.54) is 5.56 Å². The molecule has 5 nitrogen and oxygen atoms in total. The number of anilines is 2. The van der Waals surface area contributed by atoms with E-state index >= 15 is 0 Å². The van der Waals surface area contributed by atoms with Crippen molar-refractivity contribution in [3.63, 3.8) is 0 Å². The summed E-state index contributed by atoms with van der Waals surface area (Å²) >= 11 is 0. The minimum absolute atomic E-state index is 0.101. The molecule has 1 aliphatic heterocycles. The molecule has 0 spiro atoms. The van der Waals surface area contributed by atoms with Crippen molar-refractivity contribution in [1.29, 1.82) is 0 Å². The number of rotatable bonds is 7. The summed E-state index contributed by atoms with van der Waals surface area (Å²) in [6.07, 6.45) is 1.49. The normalized spacial score (nSPS) is 19.1. The number of aliphatic hydroxyl groups excluding tert-OH is 1. The second-order valence-corrected chi connectivity index (χ2v) is 7.38. The first-order valence-electron chi connectivity index (χ1n) is 9.44. The zero-order valence-electron chi connectivity index (χ0n) is 16.0. The SMILES string of the molecule is Cc1cccc(Nc2ccccc2C(=O)NCC2(CCO)CCOC2)c1C. The zero-order valence-corrected chi connectivity index (χ0v) is 16.0. The van der Waals surface area contributed by atoms with E-state index in [4.69, 9.17) is 4.74 Å². The fraction of sp³-hybridized carbons (Fsp3) is 0.409. The van der Waals surface area contributed by atoms with Crippen LogP contribution in [-0.2, 0) is 4.74 Å². The van der Waals surface area contributed by atoms with E-state index in [0.29, 0.717) is 31.7 Å². The summed E-state index contributed by atoms with van der Waals surface area (Å²) in [6.45, 7) is 6.01. The lowest BCUT2D eigenvalue weighted by atomic mass is 9.84. The van der Waals surface area contributed by atoms with Crippen LogP contribution in [0.3, 0.4) is 0 Å². The number of ether oxygens (including phenoxy) is 1. The molecule has 27 heavy (non-hydrogen) atoms. The molecule has 0 saturated carbocycles. The summed E-state index contributed by atoms with van der Waals surface area (Å²) in [5.41, 5.74) is 4.59. The monoisotopic (exact) mass is 368 g/mol. The fourth-order valence-corrected chi connectivity index (χ4v) is 3.50. The maximum absolute atomic E-state index is 12.9. The van der Waals surface area contributed by atoms with E-state index in [-0.39, 0.29) is 17.9 Å². The Labute approximate surface area is 160 Å². The molecule has 0 bridgehead atoms. The van der Waals surface area contributed by atoms with Crippen molar-refractivity contribution in [1.82, 2.24) is 5.32 Å². The minimum Gasteiger partial charge on any atom is -0.396 e. The average Bonchev–Trinajstić information content (AvgIpc) is 3.13. The maximum Gasteiger partial charge on any atom is 0.253 e. The lowest BCUT2D eigenvalue weighted by Crippen LogP contribution is -2.39. The largest absolute Gasteiger partial charge is 0.396 e. The molecule has 1 aliphatic rings. The first-order valence-corrected chi connectivity index (χ1v) is 9.44. The number of nitrogens with one attached hydrogen (secondary N) is 2. The Morgan fingerprint density at radius 1 is 1.15 bits per heavy atom. The molecule has 144 valence electrons. The van der Waals surface area contributed by atoms with E-state index in [0.717, 1.165) is 23.4 Å². The van der Waals surface area contributed by atoms with Gasteiger partial charge in [0.1, 0.15) is 0 Å². The van der Waals surface area contributed by atoms with Crippen molar-refractivity contribution < 1.29 is 14.6 Å². The van der Waals surface area contributed by atoms with Gasteiger partial charge >= 0.3 is 0 Å². The summed E-state index contributed by atoms with van der Waals surface area (Å²) in [5, 5.41) is 15.8. The second kappa shape index (κ2) is 8.55. The van der Waals surface area contributed by atoms with Crippen LogP contribution in [0.2, 0.25) is 0 Å². The van der Waals surface area contributed by atoms with Gasteiger partial charge in [0, 0.05) is 30.9 Å². The van der Waals surface area contributed by atoms with Crippen LogP contribution in [0.4, 0.5) is 11.4 Å². The van der Waals surface area contributed by atoms with Crippen LogP contribution in [0.25, 0.3) is 0 Å². The van der Waals surface area contributed by atoms with Crippen LogP contribution in [0.5, 0.6) is 0 Å². The molecule has 3 rings (SSSR count). The molecule has 1 saturated heterocycles. The minimum atomic E-state index is -0.167. The number of carbonyl (C=O) groups is 1. The van der Waals surface area contributed by atoms with E-state index in [2.05, 4.69) is 30.5 Å². The summed E-state index contributed by atoms with van der Waals surface area (Å²) in [4.78, 5) is 12.9. The summed E-state index contributed by atoms with van der Waals surface area (Å²) < 4.78 is 5.50. The molecule has 2 aromatic rings. The highest BCUT2D eigenvalue weighted by Crippen LogP contribution is 2.32. The van der Waals surface area contributed by atoms with Crippen molar-refractivity contribution in [2.24, 2.45) is 5.41 Å². The Hall–Kier alpha value is -2.37. The molecule has 5 heteroatoms. The number of para-hydroxylation sites is 1. The van der Waals surface area contributed by atoms with E-state index in [1.54, 1.807) is 0 Å². The summed E-state index contributed by atoms with van der Waals surface area (Å²) in [7, 11) is 0. The second-order valence-electron chi connectivity index (χ2n) is 7.38. The van der Waals surface area contributed by atoms with Crippen LogP contribution in [0.1, 0.15) is 34.3 Å². The van der Waals surface area contributed by atoms with Gasteiger partial charge in [-0.05, 0) is 56.0 Å². The molecule has 2 aromatic carbocycles. The summed E-state index contributed by atoms with van der Waals surface area (Å²) in [5.74, 6) is -0.118. The first kappa shape index (κ1) is 19.4. The Morgan fingerprint density at radius 2 is 1.93 bits per heavy atom. The van der Waals surface area contributed by atoms with Crippen LogP contribution in [-0.4, -0.2) is 37.4 Å². The topological polar surface area (TPSA) is 70.6 Å². The molecular formula is C22H28N2O3. The Kier molecular flexibility index (Phi) is 6.14. The van der Waals surface area contributed by atoms with Crippen LogP contribution in [0, 0.1) is 19.3 Å². The number of carbonyl (C=O) groups excluding carboxylic acids is 1. The van der Waals surface area contributed by atoms with E-state index in [9.17, 15) is 9.90 Å². The van der Waals surface area contributed by atoms with Crippen molar-refractivity contribution in [3.05, 3.63) is 59.2 Å². The molecule has 0 radical (unpaired) electrons. The van der Waals surface area contributed by atoms with Gasteiger partial charge in [-0.3, -0.25) is 4.79 Å². The Balaban J connectivity index is 1.75. The van der Waals surface area contributed by atoms with E-state index in [1.807, 2.05) is 36.4 Å². The quantitative estimate of drug-likeness (QED) is 0.699.